The monoisotopic (exact) mass is 219 g/mol. The first-order valence-corrected chi connectivity index (χ1v) is 6.14. The van der Waals surface area contributed by atoms with Gasteiger partial charge in [-0.15, -0.1) is 10.2 Å². The van der Waals surface area contributed by atoms with Gasteiger partial charge in [0.05, 0.1) is 0 Å². The molecular weight excluding hydrogens is 206 g/mol. The molecule has 0 bridgehead atoms. The van der Waals surface area contributed by atoms with Crippen LogP contribution >= 0.6 is 23.4 Å². The molecular formula is C8H14ClN3S. The zero-order valence-electron chi connectivity index (χ0n) is 7.74. The molecule has 0 aliphatic heterocycles. The van der Waals surface area contributed by atoms with E-state index in [-0.39, 0.29) is 0 Å². The van der Waals surface area contributed by atoms with Gasteiger partial charge in [0.1, 0.15) is 6.33 Å². The summed E-state index contributed by atoms with van der Waals surface area (Å²) in [5, 5.41) is 7.91. The summed E-state index contributed by atoms with van der Waals surface area (Å²) in [5.74, 6) is 1.25. The molecule has 0 saturated carbocycles. The molecule has 3 nitrogen and oxygen atoms in total. The van der Waals surface area contributed by atoms with Crippen LogP contribution in [0.15, 0.2) is 6.33 Å². The molecule has 0 spiro atoms. The number of halogens is 1. The molecule has 1 aromatic rings. The maximum Gasteiger partial charge on any atom is 0.224 e. The number of hydrogen-bond acceptors (Lipinski definition) is 3. The minimum Gasteiger partial charge on any atom is -0.304 e. The Bertz CT molecular complexity index is 239. The number of aryl methyl sites for hydroxylation is 1. The van der Waals surface area contributed by atoms with Crippen molar-refractivity contribution >= 4 is 23.4 Å². The van der Waals surface area contributed by atoms with Crippen molar-refractivity contribution in [3.05, 3.63) is 11.6 Å². The highest BCUT2D eigenvalue weighted by molar-refractivity contribution is 7.98. The summed E-state index contributed by atoms with van der Waals surface area (Å²) in [5.41, 5.74) is 0. The summed E-state index contributed by atoms with van der Waals surface area (Å²) < 4.78 is 1.88. The van der Waals surface area contributed by atoms with Gasteiger partial charge in [-0.2, -0.15) is 11.8 Å². The third-order valence-electron chi connectivity index (χ3n) is 1.82. The van der Waals surface area contributed by atoms with Crippen LogP contribution in [0.4, 0.5) is 0 Å². The Morgan fingerprint density at radius 3 is 2.92 bits per heavy atom. The Kier molecular flexibility index (Phi) is 5.23. The van der Waals surface area contributed by atoms with Gasteiger partial charge in [-0.25, -0.2) is 0 Å². The van der Waals surface area contributed by atoms with Gasteiger partial charge in [-0.05, 0) is 36.5 Å². The number of nitrogens with zero attached hydrogens (tertiary/aromatic N) is 3. The summed E-state index contributed by atoms with van der Waals surface area (Å²) >= 11 is 7.66. The van der Waals surface area contributed by atoms with Crippen molar-refractivity contribution in [3.8, 4) is 0 Å². The lowest BCUT2D eigenvalue weighted by Crippen LogP contribution is -1.96. The number of aromatic nitrogens is 3. The molecule has 74 valence electrons. The van der Waals surface area contributed by atoms with Crippen molar-refractivity contribution in [1.29, 1.82) is 0 Å². The molecule has 0 fully saturated rings. The van der Waals surface area contributed by atoms with E-state index in [0.717, 1.165) is 13.0 Å². The normalized spacial score (nSPS) is 10.6. The largest absolute Gasteiger partial charge is 0.304 e. The summed E-state index contributed by atoms with van der Waals surface area (Å²) in [6, 6.07) is 0. The van der Waals surface area contributed by atoms with Crippen LogP contribution in [-0.2, 0) is 6.54 Å². The number of thioether (sulfide) groups is 1. The van der Waals surface area contributed by atoms with Crippen molar-refractivity contribution in [2.24, 2.45) is 0 Å². The molecule has 13 heavy (non-hydrogen) atoms. The van der Waals surface area contributed by atoms with E-state index in [0.29, 0.717) is 5.28 Å². The predicted octanol–water partition coefficient (Wildman–Crippen LogP) is 2.46. The zero-order chi connectivity index (χ0) is 9.52. The van der Waals surface area contributed by atoms with Gasteiger partial charge >= 0.3 is 0 Å². The first-order valence-electron chi connectivity index (χ1n) is 4.37. The molecule has 0 unspecified atom stereocenters. The predicted molar refractivity (Wildman–Crippen MR) is 57.3 cm³/mol. The summed E-state index contributed by atoms with van der Waals surface area (Å²) in [7, 11) is 0. The average molecular weight is 220 g/mol. The topological polar surface area (TPSA) is 30.7 Å². The lowest BCUT2D eigenvalue weighted by atomic mass is 10.2. The second-order valence-electron chi connectivity index (χ2n) is 2.85. The molecule has 0 radical (unpaired) electrons. The fraction of sp³-hybridized carbons (Fsp3) is 0.750. The van der Waals surface area contributed by atoms with E-state index in [9.17, 15) is 0 Å². The first kappa shape index (κ1) is 10.9. The summed E-state index contributed by atoms with van der Waals surface area (Å²) in [6.07, 6.45) is 7.49. The van der Waals surface area contributed by atoms with Crippen LogP contribution in [0.2, 0.25) is 5.28 Å². The molecule has 5 heteroatoms. The highest BCUT2D eigenvalue weighted by Gasteiger charge is 1.98. The van der Waals surface area contributed by atoms with Crippen molar-refractivity contribution in [1.82, 2.24) is 14.8 Å². The maximum absolute atomic E-state index is 5.77. The third kappa shape index (κ3) is 4.00. The molecule has 0 aliphatic rings. The van der Waals surface area contributed by atoms with Crippen molar-refractivity contribution < 1.29 is 0 Å². The zero-order valence-corrected chi connectivity index (χ0v) is 9.31. The van der Waals surface area contributed by atoms with E-state index in [1.807, 2.05) is 16.3 Å². The van der Waals surface area contributed by atoms with Crippen molar-refractivity contribution in [2.75, 3.05) is 12.0 Å². The third-order valence-corrected chi connectivity index (χ3v) is 2.81. The van der Waals surface area contributed by atoms with Crippen molar-refractivity contribution in [3.63, 3.8) is 0 Å². The fourth-order valence-electron chi connectivity index (χ4n) is 1.10. The molecule has 0 aliphatic carbocycles. The van der Waals surface area contributed by atoms with Crippen LogP contribution in [0.3, 0.4) is 0 Å². The van der Waals surface area contributed by atoms with Gasteiger partial charge in [0.25, 0.3) is 0 Å². The minimum atomic E-state index is 0.491. The van der Waals surface area contributed by atoms with Gasteiger partial charge in [0, 0.05) is 6.54 Å². The van der Waals surface area contributed by atoms with Gasteiger partial charge < -0.3 is 4.57 Å². The van der Waals surface area contributed by atoms with Crippen LogP contribution in [0.1, 0.15) is 19.3 Å². The summed E-state index contributed by atoms with van der Waals surface area (Å²) in [6.45, 7) is 0.931. The molecule has 0 saturated heterocycles. The molecule has 1 aromatic heterocycles. The molecule has 1 rings (SSSR count). The highest BCUT2D eigenvalue weighted by atomic mass is 35.5. The van der Waals surface area contributed by atoms with Crippen LogP contribution < -0.4 is 0 Å². The van der Waals surface area contributed by atoms with Crippen LogP contribution in [-0.4, -0.2) is 26.8 Å². The van der Waals surface area contributed by atoms with E-state index in [1.54, 1.807) is 6.33 Å². The smallest absolute Gasteiger partial charge is 0.224 e. The van der Waals surface area contributed by atoms with Gasteiger partial charge in [-0.3, -0.25) is 0 Å². The highest BCUT2D eigenvalue weighted by Crippen LogP contribution is 2.07. The van der Waals surface area contributed by atoms with Crippen LogP contribution in [0.25, 0.3) is 0 Å². The number of rotatable bonds is 6. The molecule has 0 aromatic carbocycles. The Labute approximate surface area is 87.9 Å². The lowest BCUT2D eigenvalue weighted by Gasteiger charge is -2.01. The average Bonchev–Trinajstić information content (AvgIpc) is 2.52. The molecule has 0 atom stereocenters. The van der Waals surface area contributed by atoms with E-state index in [2.05, 4.69) is 16.5 Å². The number of hydrogen-bond donors (Lipinski definition) is 0. The van der Waals surface area contributed by atoms with Crippen molar-refractivity contribution in [2.45, 2.75) is 25.8 Å². The molecule has 0 N–H and O–H groups in total. The maximum atomic E-state index is 5.77. The second kappa shape index (κ2) is 6.27. The molecule has 1 heterocycles. The van der Waals surface area contributed by atoms with E-state index < -0.39 is 0 Å². The van der Waals surface area contributed by atoms with Gasteiger partial charge in [0.15, 0.2) is 0 Å². The van der Waals surface area contributed by atoms with E-state index in [1.165, 1.54) is 18.6 Å². The Morgan fingerprint density at radius 1 is 1.46 bits per heavy atom. The Hall–Kier alpha value is -0.220. The molecule has 0 amide bonds. The lowest BCUT2D eigenvalue weighted by molar-refractivity contribution is 0.603. The fourth-order valence-corrected chi connectivity index (χ4v) is 1.76. The Morgan fingerprint density at radius 2 is 2.31 bits per heavy atom. The van der Waals surface area contributed by atoms with E-state index in [4.69, 9.17) is 11.6 Å². The quantitative estimate of drug-likeness (QED) is 0.689. The Balaban J connectivity index is 2.10. The van der Waals surface area contributed by atoms with Crippen LogP contribution in [0, 0.1) is 0 Å². The van der Waals surface area contributed by atoms with Gasteiger partial charge in [0.2, 0.25) is 5.28 Å². The second-order valence-corrected chi connectivity index (χ2v) is 4.17. The first-order chi connectivity index (χ1) is 6.34. The minimum absolute atomic E-state index is 0.491. The SMILES string of the molecule is CSCCCCCn1cnnc1Cl. The van der Waals surface area contributed by atoms with Crippen LogP contribution in [0.5, 0.6) is 0 Å². The van der Waals surface area contributed by atoms with E-state index >= 15 is 0 Å². The van der Waals surface area contributed by atoms with Gasteiger partial charge in [-0.1, -0.05) is 6.42 Å². The standard InChI is InChI=1S/C8H14ClN3S/c1-13-6-4-2-3-5-12-7-10-11-8(12)9/h7H,2-6H2,1H3. The number of unbranched alkanes of at least 4 members (excludes halogenated alkanes) is 2. The summed E-state index contributed by atoms with van der Waals surface area (Å²) in [4.78, 5) is 0.